The van der Waals surface area contributed by atoms with Crippen molar-refractivity contribution in [1.29, 1.82) is 0 Å². The first kappa shape index (κ1) is 40.1. The molecule has 2 aromatic carbocycles. The van der Waals surface area contributed by atoms with Gasteiger partial charge < -0.3 is 28.9 Å². The van der Waals surface area contributed by atoms with Crippen molar-refractivity contribution in [3.63, 3.8) is 0 Å². The highest BCUT2D eigenvalue weighted by Crippen LogP contribution is 2.39. The number of morpholine rings is 1. The molecule has 57 heavy (non-hydrogen) atoms. The fraction of sp³-hybridized carbons (Fsp3) is 0.487. The van der Waals surface area contributed by atoms with Gasteiger partial charge in [-0.1, -0.05) is 0 Å². The summed E-state index contributed by atoms with van der Waals surface area (Å²) in [6.45, 7) is 10.1. The second-order valence-electron chi connectivity index (χ2n) is 15.4. The number of nitrogens with zero attached hydrogens (tertiary/aromatic N) is 5. The van der Waals surface area contributed by atoms with Crippen LogP contribution in [-0.2, 0) is 23.9 Å². The Balaban J connectivity index is 0.947. The number of imide groups is 2. The van der Waals surface area contributed by atoms with Gasteiger partial charge >= 0.3 is 0 Å². The van der Waals surface area contributed by atoms with Crippen molar-refractivity contribution >= 4 is 51.7 Å². The van der Waals surface area contributed by atoms with Gasteiger partial charge in [-0.25, -0.2) is 13.8 Å². The number of rotatable bonds is 11. The van der Waals surface area contributed by atoms with Crippen molar-refractivity contribution in [3.05, 3.63) is 58.2 Å². The number of anilines is 2. The van der Waals surface area contributed by atoms with Crippen LogP contribution in [0.5, 0.6) is 5.75 Å². The number of carbonyl (C=O) groups excluding carboxylic acids is 5. The molecule has 304 valence electrons. The van der Waals surface area contributed by atoms with Gasteiger partial charge in [0.2, 0.25) is 17.6 Å². The molecular formula is C39H43F3N6O8S. The third-order valence-electron chi connectivity index (χ3n) is 10.6. The number of thiazole rings is 1. The Bertz CT molecular complexity index is 2110. The Morgan fingerprint density at radius 3 is 2.28 bits per heavy atom. The number of ether oxygens (including phenoxy) is 3. The highest BCUT2D eigenvalue weighted by atomic mass is 32.1. The fourth-order valence-electron chi connectivity index (χ4n) is 7.32. The first-order chi connectivity index (χ1) is 27.0. The Morgan fingerprint density at radius 1 is 0.912 bits per heavy atom. The van der Waals surface area contributed by atoms with Crippen molar-refractivity contribution in [2.75, 3.05) is 68.9 Å². The molecule has 0 radical (unpaired) electrons. The molecule has 14 nitrogen and oxygen atoms in total. The molecule has 18 heteroatoms. The van der Waals surface area contributed by atoms with E-state index in [0.29, 0.717) is 37.6 Å². The van der Waals surface area contributed by atoms with Crippen molar-refractivity contribution < 1.29 is 51.4 Å². The molecule has 1 aromatic heterocycles. The topological polar surface area (TPSA) is 151 Å². The lowest BCUT2D eigenvalue weighted by molar-refractivity contribution is -0.155. The number of piperazine rings is 1. The molecule has 0 saturated carbocycles. The quantitative estimate of drug-likeness (QED) is 0.278. The molecule has 1 N–H and O–H groups in total. The molecule has 3 saturated heterocycles. The molecule has 4 aliphatic heterocycles. The highest BCUT2D eigenvalue weighted by molar-refractivity contribution is 7.14. The molecule has 0 bridgehead atoms. The Morgan fingerprint density at radius 2 is 1.60 bits per heavy atom. The molecule has 4 aliphatic rings. The number of benzene rings is 2. The van der Waals surface area contributed by atoms with Crippen LogP contribution in [0.3, 0.4) is 0 Å². The largest absolute Gasteiger partial charge is 0.484 e. The minimum absolute atomic E-state index is 0.0202. The van der Waals surface area contributed by atoms with Crippen LogP contribution >= 0.6 is 11.3 Å². The zero-order chi connectivity index (χ0) is 40.8. The zero-order valence-corrected chi connectivity index (χ0v) is 32.8. The number of nitrogens with one attached hydrogen (secondary N) is 1. The van der Waals surface area contributed by atoms with E-state index in [4.69, 9.17) is 14.2 Å². The minimum Gasteiger partial charge on any atom is -0.484 e. The van der Waals surface area contributed by atoms with Crippen LogP contribution in [0.2, 0.25) is 0 Å². The van der Waals surface area contributed by atoms with Crippen molar-refractivity contribution in [2.45, 2.75) is 64.2 Å². The minimum atomic E-state index is -1.28. The maximum atomic E-state index is 15.5. The van der Waals surface area contributed by atoms with Gasteiger partial charge in [0.1, 0.15) is 23.1 Å². The molecule has 0 aliphatic carbocycles. The second kappa shape index (κ2) is 15.7. The van der Waals surface area contributed by atoms with Crippen LogP contribution in [0.25, 0.3) is 11.3 Å². The summed E-state index contributed by atoms with van der Waals surface area (Å²) in [6, 6.07) is 3.59. The van der Waals surface area contributed by atoms with Gasteiger partial charge in [-0.15, -0.1) is 11.3 Å². The van der Waals surface area contributed by atoms with Gasteiger partial charge in [0.25, 0.3) is 17.7 Å². The monoisotopic (exact) mass is 812 g/mol. The normalized spacial score (nSPS) is 19.3. The fourth-order valence-corrected chi connectivity index (χ4v) is 8.19. The summed E-state index contributed by atoms with van der Waals surface area (Å²) in [5.41, 5.74) is -1.70. The summed E-state index contributed by atoms with van der Waals surface area (Å²) in [4.78, 5) is 74.9. The Labute approximate surface area is 330 Å². The maximum absolute atomic E-state index is 15.5. The number of amides is 5. The predicted molar refractivity (Wildman–Crippen MR) is 202 cm³/mol. The molecule has 3 aromatic rings. The van der Waals surface area contributed by atoms with Crippen LogP contribution < -0.4 is 19.9 Å². The van der Waals surface area contributed by atoms with Gasteiger partial charge in [0.05, 0.1) is 42.3 Å². The smallest absolute Gasteiger partial charge is 0.262 e. The number of carbonyl (C=O) groups is 5. The lowest BCUT2D eigenvalue weighted by atomic mass is 10.0. The molecule has 0 spiro atoms. The molecule has 1 unspecified atom stereocenters. The molecule has 1 atom stereocenters. The average Bonchev–Trinajstić information content (AvgIpc) is 3.76. The summed E-state index contributed by atoms with van der Waals surface area (Å²) >= 11 is 1.40. The predicted octanol–water partition coefficient (Wildman–Crippen LogP) is 4.16. The van der Waals surface area contributed by atoms with Crippen LogP contribution in [0.4, 0.5) is 24.0 Å². The number of fused-ring (bicyclic) bond motifs is 1. The Hall–Kier alpha value is -5.07. The van der Waals surface area contributed by atoms with E-state index in [1.54, 1.807) is 42.9 Å². The number of halogens is 3. The third-order valence-corrected chi connectivity index (χ3v) is 11.5. The number of aromatic nitrogens is 1. The van der Waals surface area contributed by atoms with Crippen molar-refractivity contribution in [2.24, 2.45) is 0 Å². The average molecular weight is 813 g/mol. The summed E-state index contributed by atoms with van der Waals surface area (Å²) < 4.78 is 62.9. The van der Waals surface area contributed by atoms with Crippen molar-refractivity contribution in [3.8, 4) is 17.0 Å². The molecule has 5 heterocycles. The van der Waals surface area contributed by atoms with E-state index in [2.05, 4.69) is 15.2 Å². The van der Waals surface area contributed by atoms with Crippen LogP contribution in [0.1, 0.15) is 67.7 Å². The van der Waals surface area contributed by atoms with Crippen LogP contribution in [0.15, 0.2) is 29.6 Å². The first-order valence-electron chi connectivity index (χ1n) is 18.7. The van der Waals surface area contributed by atoms with Crippen molar-refractivity contribution in [1.82, 2.24) is 20.1 Å². The highest BCUT2D eigenvalue weighted by Gasteiger charge is 2.45. The van der Waals surface area contributed by atoms with Gasteiger partial charge in [0.15, 0.2) is 16.7 Å². The van der Waals surface area contributed by atoms with E-state index in [1.165, 1.54) is 23.5 Å². The SMILES string of the molecule is CC(C)(CCOC(C)(C)C(=O)N1CCN(c2cc3c(cc2F)C(=O)N(C2CCC(=O)NC2=O)C3=O)CC1)Oc1c(-c2csc(N3CCOCC3)n2)ccc(F)c1F. The van der Waals surface area contributed by atoms with Gasteiger partial charge in [-0.2, -0.15) is 4.39 Å². The summed E-state index contributed by atoms with van der Waals surface area (Å²) in [5.74, 6) is -6.31. The van der Waals surface area contributed by atoms with E-state index >= 15 is 8.78 Å². The summed E-state index contributed by atoms with van der Waals surface area (Å²) in [7, 11) is 0. The van der Waals surface area contributed by atoms with Gasteiger partial charge in [0, 0.05) is 63.1 Å². The second-order valence-corrected chi connectivity index (χ2v) is 16.2. The maximum Gasteiger partial charge on any atom is 0.262 e. The molecule has 5 amide bonds. The number of piperidine rings is 1. The van der Waals surface area contributed by atoms with E-state index in [-0.39, 0.29) is 80.5 Å². The molecule has 7 rings (SSSR count). The number of hydrogen-bond acceptors (Lipinski definition) is 12. The van der Waals surface area contributed by atoms with Crippen LogP contribution in [0, 0.1) is 17.5 Å². The van der Waals surface area contributed by atoms with E-state index in [0.717, 1.165) is 22.2 Å². The number of hydrogen-bond donors (Lipinski definition) is 1. The summed E-state index contributed by atoms with van der Waals surface area (Å²) in [6.07, 6.45) is 0.154. The third kappa shape index (κ3) is 8.07. The van der Waals surface area contributed by atoms with E-state index in [1.807, 2.05) is 0 Å². The lowest BCUT2D eigenvalue weighted by Gasteiger charge is -2.39. The zero-order valence-electron chi connectivity index (χ0n) is 32.0. The standard InChI is InChI=1S/C39H43F3N6O8S/c1-38(2,56-32-22(5-6-25(40)31(32)42)27-21-57-37(43-27)47-14-17-54-18-15-47)9-16-55-39(3,4)36(53)46-12-10-45(11-13-46)29-20-24-23(19-26(29)41)34(51)48(35(24)52)28-7-8-30(49)44-33(28)50/h5-6,19-21,28H,7-18H2,1-4H3,(H,44,49,50). The molecule has 3 fully saturated rings. The van der Waals surface area contributed by atoms with Gasteiger partial charge in [-0.05, 0) is 58.4 Å². The van der Waals surface area contributed by atoms with Crippen LogP contribution in [-0.4, -0.2) is 121 Å². The lowest BCUT2D eigenvalue weighted by Crippen LogP contribution is -2.55. The first-order valence-corrected chi connectivity index (χ1v) is 19.6. The summed E-state index contributed by atoms with van der Waals surface area (Å²) in [5, 5.41) is 4.66. The van der Waals surface area contributed by atoms with E-state index < -0.39 is 58.3 Å². The van der Waals surface area contributed by atoms with Gasteiger partial charge in [-0.3, -0.25) is 34.2 Å². The molecular weight excluding hydrogens is 770 g/mol. The Kier molecular flexibility index (Phi) is 11.1. The van der Waals surface area contributed by atoms with E-state index in [9.17, 15) is 28.4 Å².